The molecule has 2 rings (SSSR count). The van der Waals surface area contributed by atoms with Gasteiger partial charge in [0.1, 0.15) is 6.54 Å². The van der Waals surface area contributed by atoms with Crippen LogP contribution in [0.25, 0.3) is 0 Å². The Morgan fingerprint density at radius 3 is 2.68 bits per heavy atom. The molecule has 132 valence electrons. The van der Waals surface area contributed by atoms with Gasteiger partial charge in [-0.1, -0.05) is 6.07 Å². The van der Waals surface area contributed by atoms with Crippen molar-refractivity contribution in [3.63, 3.8) is 0 Å². The summed E-state index contributed by atoms with van der Waals surface area (Å²) in [5.41, 5.74) is 3.63. The fourth-order valence-corrected chi connectivity index (χ4v) is 2.49. The third-order valence-electron chi connectivity index (χ3n) is 3.78. The summed E-state index contributed by atoms with van der Waals surface area (Å²) in [6.07, 6.45) is 1.06. The van der Waals surface area contributed by atoms with Gasteiger partial charge in [-0.15, -0.1) is 0 Å². The number of hydrogen-bond donors (Lipinski definition) is 1. The first kappa shape index (κ1) is 18.4. The van der Waals surface area contributed by atoms with E-state index in [4.69, 9.17) is 4.74 Å². The van der Waals surface area contributed by atoms with Crippen LogP contribution in [0.15, 0.2) is 29.1 Å². The number of ether oxygens (including phenoxy) is 1. The van der Waals surface area contributed by atoms with Gasteiger partial charge in [-0.05, 0) is 50.1 Å². The molecule has 1 aromatic carbocycles. The molecule has 0 saturated carbocycles. The standard InChI is InChI=1S/C18H21N3O4/c1-4-25-17(23)10-21(11-22)16-6-5-14(12(2)7-16)9-15-8-13(3)19-20-18(15)24/h5-8,11H,4,9-10H2,1-3H3,(H,20,24). The summed E-state index contributed by atoms with van der Waals surface area (Å²) in [5.74, 6) is -0.463. The fraction of sp³-hybridized carbons (Fsp3) is 0.333. The molecule has 0 saturated heterocycles. The van der Waals surface area contributed by atoms with Crippen LogP contribution in [0.5, 0.6) is 0 Å². The Kier molecular flexibility index (Phi) is 6.05. The molecule has 7 heteroatoms. The number of carbonyl (C=O) groups excluding carboxylic acids is 2. The Morgan fingerprint density at radius 2 is 2.04 bits per heavy atom. The van der Waals surface area contributed by atoms with Gasteiger partial charge in [0.25, 0.3) is 5.56 Å². The molecule has 0 radical (unpaired) electrons. The molecule has 0 bridgehead atoms. The molecule has 0 fully saturated rings. The van der Waals surface area contributed by atoms with Crippen molar-refractivity contribution < 1.29 is 14.3 Å². The summed E-state index contributed by atoms with van der Waals surface area (Å²) < 4.78 is 4.87. The molecule has 0 spiro atoms. The Bertz CT molecular complexity index is 829. The minimum atomic E-state index is -0.463. The van der Waals surface area contributed by atoms with Crippen molar-refractivity contribution in [2.24, 2.45) is 0 Å². The Labute approximate surface area is 145 Å². The molecule has 1 aromatic heterocycles. The van der Waals surface area contributed by atoms with Gasteiger partial charge in [-0.25, -0.2) is 5.10 Å². The number of carbonyl (C=O) groups is 2. The van der Waals surface area contributed by atoms with Gasteiger partial charge in [0.15, 0.2) is 0 Å². The molecule has 1 N–H and O–H groups in total. The van der Waals surface area contributed by atoms with E-state index >= 15 is 0 Å². The largest absolute Gasteiger partial charge is 0.465 e. The number of aromatic amines is 1. The SMILES string of the molecule is CCOC(=O)CN(C=O)c1ccc(Cc2cc(C)n[nH]c2=O)c(C)c1. The Morgan fingerprint density at radius 1 is 1.28 bits per heavy atom. The van der Waals surface area contributed by atoms with Crippen molar-refractivity contribution in [1.82, 2.24) is 10.2 Å². The van der Waals surface area contributed by atoms with Crippen LogP contribution in [0.2, 0.25) is 0 Å². The smallest absolute Gasteiger partial charge is 0.326 e. The van der Waals surface area contributed by atoms with Gasteiger partial charge in [0.05, 0.1) is 12.3 Å². The maximum atomic E-state index is 11.9. The zero-order valence-corrected chi connectivity index (χ0v) is 14.5. The van der Waals surface area contributed by atoms with Crippen molar-refractivity contribution in [3.05, 3.63) is 57.0 Å². The summed E-state index contributed by atoms with van der Waals surface area (Å²) in [5, 5.41) is 6.34. The molecular formula is C18H21N3O4. The van der Waals surface area contributed by atoms with E-state index in [0.29, 0.717) is 24.1 Å². The number of nitrogens with one attached hydrogen (secondary N) is 1. The van der Waals surface area contributed by atoms with Crippen LogP contribution in [-0.4, -0.2) is 35.7 Å². The quantitative estimate of drug-likeness (QED) is 0.607. The van der Waals surface area contributed by atoms with E-state index in [2.05, 4.69) is 10.2 Å². The number of rotatable bonds is 7. The summed E-state index contributed by atoms with van der Waals surface area (Å²) in [7, 11) is 0. The second-order valence-electron chi connectivity index (χ2n) is 5.69. The zero-order valence-electron chi connectivity index (χ0n) is 14.5. The molecule has 1 amide bonds. The summed E-state index contributed by atoms with van der Waals surface area (Å²) >= 11 is 0. The van der Waals surface area contributed by atoms with Crippen molar-refractivity contribution in [2.45, 2.75) is 27.2 Å². The van der Waals surface area contributed by atoms with Crippen LogP contribution >= 0.6 is 0 Å². The van der Waals surface area contributed by atoms with Crippen molar-refractivity contribution in [2.75, 3.05) is 18.1 Å². The van der Waals surface area contributed by atoms with E-state index < -0.39 is 5.97 Å². The molecule has 25 heavy (non-hydrogen) atoms. The molecule has 0 aliphatic rings. The lowest BCUT2D eigenvalue weighted by molar-refractivity contribution is -0.141. The molecule has 2 aromatic rings. The van der Waals surface area contributed by atoms with Gasteiger partial charge in [0, 0.05) is 17.7 Å². The summed E-state index contributed by atoms with van der Waals surface area (Å²) in [6.45, 7) is 5.55. The molecule has 0 aliphatic carbocycles. The highest BCUT2D eigenvalue weighted by Gasteiger charge is 2.13. The number of anilines is 1. The molecule has 0 unspecified atom stereocenters. The van der Waals surface area contributed by atoms with Crippen molar-refractivity contribution >= 4 is 18.1 Å². The number of benzene rings is 1. The predicted molar refractivity (Wildman–Crippen MR) is 93.6 cm³/mol. The first-order valence-electron chi connectivity index (χ1n) is 7.97. The topological polar surface area (TPSA) is 92.4 Å². The highest BCUT2D eigenvalue weighted by Crippen LogP contribution is 2.20. The predicted octanol–water partition coefficient (Wildman–Crippen LogP) is 1.50. The Balaban J connectivity index is 2.22. The monoisotopic (exact) mass is 343 g/mol. The number of nitrogens with zero attached hydrogens (tertiary/aromatic N) is 2. The average molecular weight is 343 g/mol. The lowest BCUT2D eigenvalue weighted by Crippen LogP contribution is -2.29. The molecule has 0 aliphatic heterocycles. The third kappa shape index (κ3) is 4.76. The highest BCUT2D eigenvalue weighted by atomic mass is 16.5. The number of aromatic nitrogens is 2. The number of aryl methyl sites for hydroxylation is 2. The maximum absolute atomic E-state index is 11.9. The second-order valence-corrected chi connectivity index (χ2v) is 5.69. The first-order chi connectivity index (χ1) is 11.9. The van der Waals surface area contributed by atoms with Crippen LogP contribution in [-0.2, 0) is 20.7 Å². The van der Waals surface area contributed by atoms with Gasteiger partial charge in [-0.3, -0.25) is 14.4 Å². The molecular weight excluding hydrogens is 322 g/mol. The number of esters is 1. The van der Waals surface area contributed by atoms with E-state index in [1.807, 2.05) is 26.0 Å². The first-order valence-corrected chi connectivity index (χ1v) is 7.97. The maximum Gasteiger partial charge on any atom is 0.326 e. The van der Waals surface area contributed by atoms with Gasteiger partial charge in [0.2, 0.25) is 6.41 Å². The van der Waals surface area contributed by atoms with Crippen LogP contribution in [0.1, 0.15) is 29.3 Å². The van der Waals surface area contributed by atoms with E-state index in [0.717, 1.165) is 16.8 Å². The lowest BCUT2D eigenvalue weighted by atomic mass is 10.0. The fourth-order valence-electron chi connectivity index (χ4n) is 2.49. The molecule has 7 nitrogen and oxygen atoms in total. The summed E-state index contributed by atoms with van der Waals surface area (Å²) in [6, 6.07) is 7.16. The molecule has 0 atom stereocenters. The van der Waals surface area contributed by atoms with Crippen molar-refractivity contribution in [1.29, 1.82) is 0 Å². The third-order valence-corrected chi connectivity index (χ3v) is 3.78. The van der Waals surface area contributed by atoms with E-state index in [1.54, 1.807) is 19.1 Å². The van der Waals surface area contributed by atoms with E-state index in [-0.39, 0.29) is 18.7 Å². The molecule has 1 heterocycles. The minimum Gasteiger partial charge on any atom is -0.465 e. The average Bonchev–Trinajstić information content (AvgIpc) is 2.58. The highest BCUT2D eigenvalue weighted by molar-refractivity contribution is 5.85. The van der Waals surface area contributed by atoms with Crippen molar-refractivity contribution in [3.8, 4) is 0 Å². The lowest BCUT2D eigenvalue weighted by Gasteiger charge is -2.18. The van der Waals surface area contributed by atoms with E-state index in [9.17, 15) is 14.4 Å². The minimum absolute atomic E-state index is 0.140. The zero-order chi connectivity index (χ0) is 18.4. The van der Waals surface area contributed by atoms with Crippen LogP contribution in [0.3, 0.4) is 0 Å². The number of H-pyrrole nitrogens is 1. The van der Waals surface area contributed by atoms with E-state index in [1.165, 1.54) is 4.90 Å². The Hall–Kier alpha value is -2.96. The normalized spacial score (nSPS) is 10.4. The summed E-state index contributed by atoms with van der Waals surface area (Å²) in [4.78, 5) is 36.0. The van der Waals surface area contributed by atoms with Crippen LogP contribution in [0.4, 0.5) is 5.69 Å². The van der Waals surface area contributed by atoms with Crippen LogP contribution < -0.4 is 10.5 Å². The second kappa shape index (κ2) is 8.23. The number of amides is 1. The van der Waals surface area contributed by atoms with Gasteiger partial charge >= 0.3 is 5.97 Å². The number of hydrogen-bond acceptors (Lipinski definition) is 5. The van der Waals surface area contributed by atoms with Crippen LogP contribution in [0, 0.1) is 13.8 Å². The van der Waals surface area contributed by atoms with Gasteiger partial charge < -0.3 is 9.64 Å². The van der Waals surface area contributed by atoms with Gasteiger partial charge in [-0.2, -0.15) is 5.10 Å².